The summed E-state index contributed by atoms with van der Waals surface area (Å²) in [6, 6.07) is 9.94. The molecule has 3 fully saturated rings. The van der Waals surface area contributed by atoms with Crippen LogP contribution in [0.25, 0.3) is 0 Å². The number of β-amino-alcohol motifs (C(OH)–C–C–N with tert-alkyl or cyclic N) is 1. The van der Waals surface area contributed by atoms with Crippen molar-refractivity contribution in [1.29, 1.82) is 0 Å². The first-order valence-corrected chi connectivity index (χ1v) is 10.1. The number of rotatable bonds is 7. The maximum atomic E-state index is 10.3. The quantitative estimate of drug-likeness (QED) is 0.809. The number of para-hydroxylation sites is 1. The van der Waals surface area contributed by atoms with E-state index >= 15 is 0 Å². The zero-order chi connectivity index (χ0) is 17.8. The Morgan fingerprint density at radius 2 is 1.88 bits per heavy atom. The molecule has 1 aromatic carbocycles. The minimum Gasteiger partial charge on any atom is -0.488 e. The lowest BCUT2D eigenvalue weighted by atomic mass is 9.90. The fourth-order valence-electron chi connectivity index (χ4n) is 4.52. The standard InChI is InChI=1S/C21H31NO4/c23-17(13-24-18-7-3-1-4-8-18)12-22-15-21(16-22)11-20(14-25-21)26-19-9-5-2-6-10-19/h2,5-6,9-10,17-18,20,23H,1,3-4,7-8,11-16H2. The third-order valence-corrected chi connectivity index (χ3v) is 5.79. The van der Waals surface area contributed by atoms with E-state index in [1.54, 1.807) is 0 Å². The van der Waals surface area contributed by atoms with Crippen LogP contribution in [0, 0.1) is 0 Å². The number of ether oxygens (including phenoxy) is 3. The summed E-state index contributed by atoms with van der Waals surface area (Å²) in [7, 11) is 0. The zero-order valence-corrected chi connectivity index (χ0v) is 15.5. The Hall–Kier alpha value is -1.14. The molecule has 1 aromatic rings. The fourth-order valence-corrected chi connectivity index (χ4v) is 4.52. The minimum absolute atomic E-state index is 0.0800. The second-order valence-corrected chi connectivity index (χ2v) is 8.17. The van der Waals surface area contributed by atoms with Gasteiger partial charge >= 0.3 is 0 Å². The Bertz CT molecular complexity index is 554. The van der Waals surface area contributed by atoms with Gasteiger partial charge in [0, 0.05) is 26.1 Å². The normalized spacial score (nSPS) is 27.3. The molecule has 5 nitrogen and oxygen atoms in total. The third kappa shape index (κ3) is 4.58. The van der Waals surface area contributed by atoms with Crippen LogP contribution in [0.4, 0.5) is 0 Å². The summed E-state index contributed by atoms with van der Waals surface area (Å²) in [6.07, 6.45) is 7.14. The van der Waals surface area contributed by atoms with Gasteiger partial charge < -0.3 is 19.3 Å². The molecule has 144 valence electrons. The first kappa shape index (κ1) is 18.2. The molecule has 0 radical (unpaired) electrons. The van der Waals surface area contributed by atoms with Gasteiger partial charge in [-0.15, -0.1) is 0 Å². The Morgan fingerprint density at radius 3 is 2.65 bits per heavy atom. The molecular formula is C21H31NO4. The van der Waals surface area contributed by atoms with Gasteiger partial charge in [-0.05, 0) is 25.0 Å². The topological polar surface area (TPSA) is 51.2 Å². The van der Waals surface area contributed by atoms with Gasteiger partial charge in [-0.3, -0.25) is 4.90 Å². The zero-order valence-electron chi connectivity index (χ0n) is 15.5. The van der Waals surface area contributed by atoms with E-state index in [4.69, 9.17) is 14.2 Å². The molecule has 2 heterocycles. The van der Waals surface area contributed by atoms with Crippen molar-refractivity contribution in [3.63, 3.8) is 0 Å². The van der Waals surface area contributed by atoms with E-state index in [0.29, 0.717) is 25.9 Å². The first-order chi connectivity index (χ1) is 12.7. The number of hydrogen-bond acceptors (Lipinski definition) is 5. The first-order valence-electron chi connectivity index (χ1n) is 10.1. The molecule has 0 aromatic heterocycles. The molecule has 1 saturated carbocycles. The highest BCUT2D eigenvalue weighted by Gasteiger charge is 2.50. The predicted molar refractivity (Wildman–Crippen MR) is 99.4 cm³/mol. The van der Waals surface area contributed by atoms with E-state index in [9.17, 15) is 5.11 Å². The molecule has 26 heavy (non-hydrogen) atoms. The molecular weight excluding hydrogens is 330 g/mol. The number of aliphatic hydroxyl groups is 1. The summed E-state index contributed by atoms with van der Waals surface area (Å²) < 4.78 is 18.0. The van der Waals surface area contributed by atoms with Crippen molar-refractivity contribution < 1.29 is 19.3 Å². The lowest BCUT2D eigenvalue weighted by molar-refractivity contribution is -0.126. The Kier molecular flexibility index (Phi) is 5.79. The van der Waals surface area contributed by atoms with Crippen LogP contribution in [-0.4, -0.2) is 66.8 Å². The van der Waals surface area contributed by atoms with Crippen molar-refractivity contribution in [2.75, 3.05) is 32.8 Å². The molecule has 1 N–H and O–H groups in total. The monoisotopic (exact) mass is 361 g/mol. The second kappa shape index (κ2) is 8.26. The molecule has 0 amide bonds. The highest BCUT2D eigenvalue weighted by Crippen LogP contribution is 2.36. The lowest BCUT2D eigenvalue weighted by Crippen LogP contribution is -2.63. The lowest BCUT2D eigenvalue weighted by Gasteiger charge is -2.47. The van der Waals surface area contributed by atoms with Gasteiger partial charge in [0.05, 0.1) is 31.0 Å². The Morgan fingerprint density at radius 1 is 1.12 bits per heavy atom. The maximum absolute atomic E-state index is 10.3. The summed E-state index contributed by atoms with van der Waals surface area (Å²) in [5.41, 5.74) is -0.0800. The van der Waals surface area contributed by atoms with Crippen molar-refractivity contribution in [2.45, 2.75) is 62.4 Å². The van der Waals surface area contributed by atoms with E-state index in [0.717, 1.165) is 38.1 Å². The highest BCUT2D eigenvalue weighted by molar-refractivity contribution is 5.21. The summed E-state index contributed by atoms with van der Waals surface area (Å²) in [5, 5.41) is 10.3. The van der Waals surface area contributed by atoms with Gasteiger partial charge in [-0.25, -0.2) is 0 Å². The average molecular weight is 361 g/mol. The van der Waals surface area contributed by atoms with Crippen LogP contribution < -0.4 is 4.74 Å². The minimum atomic E-state index is -0.410. The molecule has 2 aliphatic heterocycles. The van der Waals surface area contributed by atoms with Gasteiger partial charge in [-0.1, -0.05) is 37.5 Å². The van der Waals surface area contributed by atoms with E-state index in [1.165, 1.54) is 19.3 Å². The van der Waals surface area contributed by atoms with E-state index < -0.39 is 6.10 Å². The van der Waals surface area contributed by atoms with Crippen LogP contribution in [0.1, 0.15) is 38.5 Å². The molecule has 0 bridgehead atoms. The second-order valence-electron chi connectivity index (χ2n) is 8.17. The highest BCUT2D eigenvalue weighted by atomic mass is 16.6. The Balaban J connectivity index is 1.14. The van der Waals surface area contributed by atoms with Gasteiger partial charge in [0.25, 0.3) is 0 Å². The largest absolute Gasteiger partial charge is 0.488 e. The summed E-state index contributed by atoms with van der Waals surface area (Å²) in [4.78, 5) is 2.26. The molecule has 4 rings (SSSR count). The Labute approximate surface area is 156 Å². The van der Waals surface area contributed by atoms with Crippen LogP contribution in [-0.2, 0) is 9.47 Å². The smallest absolute Gasteiger partial charge is 0.125 e. The van der Waals surface area contributed by atoms with Crippen LogP contribution in [0.2, 0.25) is 0 Å². The van der Waals surface area contributed by atoms with Crippen LogP contribution in [0.15, 0.2) is 30.3 Å². The predicted octanol–water partition coefficient (Wildman–Crippen LogP) is 2.62. The third-order valence-electron chi connectivity index (χ3n) is 5.79. The van der Waals surface area contributed by atoms with Crippen molar-refractivity contribution in [3.05, 3.63) is 30.3 Å². The molecule has 2 unspecified atom stereocenters. The van der Waals surface area contributed by atoms with Gasteiger partial charge in [0.1, 0.15) is 11.9 Å². The number of benzene rings is 1. The van der Waals surface area contributed by atoms with E-state index in [2.05, 4.69) is 4.90 Å². The molecule has 1 spiro atoms. The van der Waals surface area contributed by atoms with Crippen LogP contribution in [0.5, 0.6) is 5.75 Å². The molecule has 2 saturated heterocycles. The number of likely N-dealkylation sites (tertiary alicyclic amines) is 1. The molecule has 1 aliphatic carbocycles. The van der Waals surface area contributed by atoms with Crippen molar-refractivity contribution >= 4 is 0 Å². The van der Waals surface area contributed by atoms with Crippen molar-refractivity contribution in [3.8, 4) is 5.75 Å². The van der Waals surface area contributed by atoms with Crippen LogP contribution >= 0.6 is 0 Å². The number of hydrogen-bond donors (Lipinski definition) is 1. The van der Waals surface area contributed by atoms with Crippen molar-refractivity contribution in [2.24, 2.45) is 0 Å². The van der Waals surface area contributed by atoms with Gasteiger partial charge in [0.2, 0.25) is 0 Å². The summed E-state index contributed by atoms with van der Waals surface area (Å²) >= 11 is 0. The van der Waals surface area contributed by atoms with Gasteiger partial charge in [-0.2, -0.15) is 0 Å². The van der Waals surface area contributed by atoms with E-state index in [1.807, 2.05) is 30.3 Å². The SMILES string of the molecule is OC(COC1CCCCC1)CN1CC2(CC(Oc3ccccc3)CO2)C1. The van der Waals surface area contributed by atoms with E-state index in [-0.39, 0.29) is 11.7 Å². The number of nitrogens with zero attached hydrogens (tertiary/aromatic N) is 1. The summed E-state index contributed by atoms with van der Waals surface area (Å²) in [6.45, 7) is 3.52. The summed E-state index contributed by atoms with van der Waals surface area (Å²) in [5.74, 6) is 0.907. The molecule has 2 atom stereocenters. The number of aliphatic hydroxyl groups excluding tert-OH is 1. The maximum Gasteiger partial charge on any atom is 0.125 e. The molecule has 3 aliphatic rings. The molecule has 5 heteroatoms. The van der Waals surface area contributed by atoms with Crippen LogP contribution in [0.3, 0.4) is 0 Å². The van der Waals surface area contributed by atoms with Crippen molar-refractivity contribution in [1.82, 2.24) is 4.90 Å². The van der Waals surface area contributed by atoms with Gasteiger partial charge in [0.15, 0.2) is 0 Å². The fraction of sp³-hybridized carbons (Fsp3) is 0.714. The average Bonchev–Trinajstić information content (AvgIpc) is 3.05.